The molecule has 0 atom stereocenters. The number of halogens is 1. The lowest BCUT2D eigenvalue weighted by atomic mass is 10.2. The number of carbonyl (C=O) groups is 1. The minimum absolute atomic E-state index is 0.0213. The van der Waals surface area contributed by atoms with E-state index in [9.17, 15) is 13.2 Å². The molecule has 8 nitrogen and oxygen atoms in total. The number of anilines is 2. The van der Waals surface area contributed by atoms with Crippen LogP contribution in [0.5, 0.6) is 0 Å². The van der Waals surface area contributed by atoms with Crippen molar-refractivity contribution in [1.82, 2.24) is 15.0 Å². The van der Waals surface area contributed by atoms with Crippen LogP contribution in [0.1, 0.15) is 21.6 Å². The molecule has 4 rings (SSSR count). The largest absolute Gasteiger partial charge is 0.321 e. The van der Waals surface area contributed by atoms with Crippen molar-refractivity contribution in [3.8, 4) is 0 Å². The van der Waals surface area contributed by atoms with E-state index in [0.29, 0.717) is 17.8 Å². The average Bonchev–Trinajstić information content (AvgIpc) is 3.26. The van der Waals surface area contributed by atoms with Crippen molar-refractivity contribution in [3.63, 3.8) is 0 Å². The van der Waals surface area contributed by atoms with Crippen LogP contribution in [-0.4, -0.2) is 29.3 Å². The van der Waals surface area contributed by atoms with Crippen LogP contribution in [0.3, 0.4) is 0 Å². The van der Waals surface area contributed by atoms with Crippen molar-refractivity contribution >= 4 is 38.9 Å². The number of para-hydroxylation sites is 1. The lowest BCUT2D eigenvalue weighted by Crippen LogP contribution is -2.16. The molecule has 0 spiro atoms. The molecule has 0 radical (unpaired) electrons. The monoisotopic (exact) mass is 481 g/mol. The lowest BCUT2D eigenvalue weighted by molar-refractivity contribution is 0.102. The second-order valence-corrected chi connectivity index (χ2v) is 9.36. The fourth-order valence-electron chi connectivity index (χ4n) is 3.16. The molecule has 1 heterocycles. The van der Waals surface area contributed by atoms with Crippen LogP contribution in [0.15, 0.2) is 83.9 Å². The van der Waals surface area contributed by atoms with Crippen LogP contribution in [0.2, 0.25) is 5.02 Å². The summed E-state index contributed by atoms with van der Waals surface area (Å²) in [6.07, 6.45) is 1.53. The first-order valence-electron chi connectivity index (χ1n) is 9.95. The maximum atomic E-state index is 13.0. The first-order chi connectivity index (χ1) is 15.8. The zero-order valence-corrected chi connectivity index (χ0v) is 19.1. The zero-order chi connectivity index (χ0) is 23.4. The third-order valence-electron chi connectivity index (χ3n) is 4.81. The van der Waals surface area contributed by atoms with E-state index in [1.807, 2.05) is 30.3 Å². The Morgan fingerprint density at radius 1 is 1.03 bits per heavy atom. The van der Waals surface area contributed by atoms with Gasteiger partial charge in [0.2, 0.25) is 0 Å². The minimum Gasteiger partial charge on any atom is -0.321 e. The molecule has 1 aromatic heterocycles. The number of rotatable bonds is 7. The molecule has 0 fully saturated rings. The molecule has 2 N–H and O–H groups in total. The number of carbonyl (C=O) groups excluding carboxylic acids is 1. The summed E-state index contributed by atoms with van der Waals surface area (Å²) >= 11 is 6.08. The SMILES string of the molecule is Cc1ccc(NC(=O)c2cn(Cc3ccccc3)nn2)cc1S(=O)(=O)Nc1ccccc1Cl. The summed E-state index contributed by atoms with van der Waals surface area (Å²) < 4.78 is 29.9. The third-order valence-corrected chi connectivity index (χ3v) is 6.65. The summed E-state index contributed by atoms with van der Waals surface area (Å²) in [5, 5.41) is 10.9. The topological polar surface area (TPSA) is 106 Å². The van der Waals surface area contributed by atoms with Gasteiger partial charge in [-0.1, -0.05) is 65.3 Å². The first kappa shape index (κ1) is 22.5. The van der Waals surface area contributed by atoms with Crippen molar-refractivity contribution in [2.45, 2.75) is 18.4 Å². The number of amides is 1. The molecule has 1 amide bonds. The summed E-state index contributed by atoms with van der Waals surface area (Å²) in [4.78, 5) is 12.7. The summed E-state index contributed by atoms with van der Waals surface area (Å²) in [5.74, 6) is -0.499. The Morgan fingerprint density at radius 3 is 2.52 bits per heavy atom. The van der Waals surface area contributed by atoms with E-state index < -0.39 is 15.9 Å². The van der Waals surface area contributed by atoms with Crippen molar-refractivity contribution in [2.24, 2.45) is 0 Å². The van der Waals surface area contributed by atoms with Gasteiger partial charge in [-0.25, -0.2) is 13.1 Å². The van der Waals surface area contributed by atoms with Gasteiger partial charge >= 0.3 is 0 Å². The van der Waals surface area contributed by atoms with E-state index >= 15 is 0 Å². The molecule has 0 aliphatic rings. The summed E-state index contributed by atoms with van der Waals surface area (Å²) in [6, 6.07) is 20.8. The van der Waals surface area contributed by atoms with Crippen molar-refractivity contribution < 1.29 is 13.2 Å². The Kier molecular flexibility index (Phi) is 6.43. The third kappa shape index (κ3) is 5.39. The summed E-state index contributed by atoms with van der Waals surface area (Å²) in [5.41, 5.74) is 2.23. The van der Waals surface area contributed by atoms with Crippen LogP contribution >= 0.6 is 11.6 Å². The predicted octanol–water partition coefficient (Wildman–Crippen LogP) is 4.34. The maximum Gasteiger partial charge on any atom is 0.277 e. The number of hydrogen-bond donors (Lipinski definition) is 2. The van der Waals surface area contributed by atoms with Gasteiger partial charge in [0.1, 0.15) is 0 Å². The molecule has 0 aliphatic carbocycles. The summed E-state index contributed by atoms with van der Waals surface area (Å²) in [6.45, 7) is 2.14. The second kappa shape index (κ2) is 9.43. The molecule has 0 saturated heterocycles. The van der Waals surface area contributed by atoms with Crippen LogP contribution in [-0.2, 0) is 16.6 Å². The molecule has 0 unspecified atom stereocenters. The number of nitrogens with one attached hydrogen (secondary N) is 2. The molecular formula is C23H20ClN5O3S. The second-order valence-electron chi connectivity index (χ2n) is 7.31. The van der Waals surface area contributed by atoms with Crippen molar-refractivity contribution in [2.75, 3.05) is 10.0 Å². The molecule has 168 valence electrons. The highest BCUT2D eigenvalue weighted by Gasteiger charge is 2.20. The Bertz CT molecular complexity index is 1400. The normalized spacial score (nSPS) is 11.2. The first-order valence-corrected chi connectivity index (χ1v) is 11.8. The van der Waals surface area contributed by atoms with Gasteiger partial charge in [-0.3, -0.25) is 9.52 Å². The van der Waals surface area contributed by atoms with Gasteiger partial charge < -0.3 is 5.32 Å². The molecule has 10 heteroatoms. The highest BCUT2D eigenvalue weighted by molar-refractivity contribution is 7.92. The van der Waals surface area contributed by atoms with Gasteiger partial charge in [-0.15, -0.1) is 5.10 Å². The number of nitrogens with zero attached hydrogens (tertiary/aromatic N) is 3. The van der Waals surface area contributed by atoms with E-state index in [1.54, 1.807) is 48.0 Å². The van der Waals surface area contributed by atoms with Gasteiger partial charge in [0.05, 0.1) is 28.3 Å². The van der Waals surface area contributed by atoms with Crippen LogP contribution in [0.4, 0.5) is 11.4 Å². The highest BCUT2D eigenvalue weighted by atomic mass is 35.5. The van der Waals surface area contributed by atoms with Gasteiger partial charge in [-0.2, -0.15) is 0 Å². The smallest absolute Gasteiger partial charge is 0.277 e. The molecule has 0 aliphatic heterocycles. The molecule has 33 heavy (non-hydrogen) atoms. The molecule has 0 saturated carbocycles. The standard InChI is InChI=1S/C23H20ClN5O3S/c1-16-11-12-18(13-22(16)33(31,32)27-20-10-6-5-9-19(20)24)25-23(30)21-15-29(28-26-21)14-17-7-3-2-4-8-17/h2-13,15,27H,14H2,1H3,(H,25,30). The molecular weight excluding hydrogens is 462 g/mol. The van der Waals surface area contributed by atoms with E-state index in [1.165, 1.54) is 12.3 Å². The van der Waals surface area contributed by atoms with Crippen LogP contribution in [0, 0.1) is 6.92 Å². The van der Waals surface area contributed by atoms with E-state index in [0.717, 1.165) is 5.56 Å². The van der Waals surface area contributed by atoms with E-state index in [4.69, 9.17) is 11.6 Å². The number of benzene rings is 3. The fraction of sp³-hybridized carbons (Fsp3) is 0.0870. The predicted molar refractivity (Wildman–Crippen MR) is 127 cm³/mol. The van der Waals surface area contributed by atoms with E-state index in [-0.39, 0.29) is 21.3 Å². The van der Waals surface area contributed by atoms with Crippen LogP contribution < -0.4 is 10.0 Å². The average molecular weight is 482 g/mol. The van der Waals surface area contributed by atoms with Gasteiger partial charge in [0.15, 0.2) is 5.69 Å². The van der Waals surface area contributed by atoms with Gasteiger partial charge in [0.25, 0.3) is 15.9 Å². The molecule has 0 bridgehead atoms. The zero-order valence-electron chi connectivity index (χ0n) is 17.6. The Morgan fingerprint density at radius 2 is 1.76 bits per heavy atom. The Labute approximate surface area is 196 Å². The van der Waals surface area contributed by atoms with Crippen molar-refractivity contribution in [3.05, 3.63) is 101 Å². The van der Waals surface area contributed by atoms with E-state index in [2.05, 4.69) is 20.4 Å². The lowest BCUT2D eigenvalue weighted by Gasteiger charge is -2.13. The number of hydrogen-bond acceptors (Lipinski definition) is 5. The fourth-order valence-corrected chi connectivity index (χ4v) is 4.75. The number of aromatic nitrogens is 3. The number of sulfonamides is 1. The minimum atomic E-state index is -3.94. The summed E-state index contributed by atoms with van der Waals surface area (Å²) in [7, 11) is -3.94. The number of aryl methyl sites for hydroxylation is 1. The Balaban J connectivity index is 1.51. The van der Waals surface area contributed by atoms with Gasteiger partial charge in [-0.05, 0) is 42.3 Å². The maximum absolute atomic E-state index is 13.0. The highest BCUT2D eigenvalue weighted by Crippen LogP contribution is 2.27. The van der Waals surface area contributed by atoms with Crippen molar-refractivity contribution in [1.29, 1.82) is 0 Å². The molecule has 3 aromatic carbocycles. The quantitative estimate of drug-likeness (QED) is 0.408. The molecule has 4 aromatic rings. The Hall–Kier alpha value is -3.69. The van der Waals surface area contributed by atoms with Crippen LogP contribution in [0.25, 0.3) is 0 Å². The van der Waals surface area contributed by atoms with Gasteiger partial charge in [0, 0.05) is 5.69 Å².